The maximum absolute atomic E-state index is 13.6. The Bertz CT molecular complexity index is 1580. The van der Waals surface area contributed by atoms with Gasteiger partial charge < -0.3 is 19.8 Å². The van der Waals surface area contributed by atoms with Crippen LogP contribution in [0, 0.1) is 12.7 Å². The number of furan rings is 1. The molecule has 1 aliphatic rings. The van der Waals surface area contributed by atoms with E-state index in [1.165, 1.54) is 37.6 Å². The first-order valence-corrected chi connectivity index (χ1v) is 12.6. The minimum Gasteiger partial charge on any atom is -0.495 e. The number of aryl methyl sites for hydroxylation is 1. The van der Waals surface area contributed by atoms with E-state index >= 15 is 0 Å². The van der Waals surface area contributed by atoms with Crippen molar-refractivity contribution in [1.82, 2.24) is 0 Å². The molecule has 1 aromatic heterocycles. The number of hydrogen-bond donors (Lipinski definition) is 2. The van der Waals surface area contributed by atoms with Crippen molar-refractivity contribution in [2.45, 2.75) is 11.8 Å². The number of imide groups is 1. The Morgan fingerprint density at radius 1 is 0.974 bits per heavy atom. The summed E-state index contributed by atoms with van der Waals surface area (Å²) < 4.78 is 24.1. The molecule has 4 aromatic rings. The van der Waals surface area contributed by atoms with Gasteiger partial charge in [-0.1, -0.05) is 17.8 Å². The molecule has 0 aliphatic carbocycles. The van der Waals surface area contributed by atoms with Crippen molar-refractivity contribution in [2.24, 2.45) is 0 Å². The molecule has 39 heavy (non-hydrogen) atoms. The van der Waals surface area contributed by atoms with Crippen molar-refractivity contribution in [3.8, 4) is 5.75 Å². The van der Waals surface area contributed by atoms with Gasteiger partial charge in [-0.3, -0.25) is 14.4 Å². The molecule has 2 N–H and O–H groups in total. The van der Waals surface area contributed by atoms with Crippen LogP contribution in [0.25, 0.3) is 0 Å². The molecule has 1 aliphatic heterocycles. The van der Waals surface area contributed by atoms with E-state index in [1.807, 2.05) is 19.1 Å². The summed E-state index contributed by atoms with van der Waals surface area (Å²) in [6, 6.07) is 20.5. The van der Waals surface area contributed by atoms with E-state index in [-0.39, 0.29) is 22.0 Å². The first-order valence-electron chi connectivity index (χ1n) is 11.8. The Labute approximate surface area is 227 Å². The maximum Gasteiger partial charge on any atom is 0.291 e. The monoisotopic (exact) mass is 543 g/mol. The fourth-order valence-corrected chi connectivity index (χ4v) is 4.84. The van der Waals surface area contributed by atoms with Gasteiger partial charge in [-0.05, 0) is 85.3 Å². The number of hydrogen-bond acceptors (Lipinski definition) is 7. The molecule has 5 rings (SSSR count). The number of benzene rings is 3. The highest BCUT2D eigenvalue weighted by Gasteiger charge is 2.40. The van der Waals surface area contributed by atoms with Crippen LogP contribution in [-0.2, 0) is 9.59 Å². The highest BCUT2D eigenvalue weighted by molar-refractivity contribution is 8.04. The van der Waals surface area contributed by atoms with Gasteiger partial charge in [-0.2, -0.15) is 0 Å². The number of amides is 3. The summed E-state index contributed by atoms with van der Waals surface area (Å²) >= 11 is 1.09. The van der Waals surface area contributed by atoms with E-state index in [1.54, 1.807) is 42.5 Å². The van der Waals surface area contributed by atoms with Crippen LogP contribution in [0.2, 0.25) is 0 Å². The van der Waals surface area contributed by atoms with E-state index in [0.717, 1.165) is 22.2 Å². The van der Waals surface area contributed by atoms with Gasteiger partial charge in [0.25, 0.3) is 17.7 Å². The molecule has 2 heterocycles. The molecule has 10 heteroatoms. The van der Waals surface area contributed by atoms with E-state index in [2.05, 4.69) is 10.6 Å². The predicted molar refractivity (Wildman–Crippen MR) is 146 cm³/mol. The average molecular weight is 544 g/mol. The summed E-state index contributed by atoms with van der Waals surface area (Å²) in [5, 5.41) is 5.83. The normalized spacial score (nSPS) is 13.2. The number of rotatable bonds is 8. The van der Waals surface area contributed by atoms with Crippen LogP contribution in [0.3, 0.4) is 0 Å². The molecular formula is C29H22FN3O5S. The van der Waals surface area contributed by atoms with Crippen LogP contribution in [0.4, 0.5) is 21.5 Å². The molecule has 0 bridgehead atoms. The second-order valence-corrected chi connectivity index (χ2v) is 9.60. The molecule has 3 amide bonds. The van der Waals surface area contributed by atoms with Crippen molar-refractivity contribution in [2.75, 3.05) is 22.6 Å². The number of methoxy groups -OCH3 is 1. The SMILES string of the molecule is COc1ccc(C)cc1NC1=C(Sc2ccc(NC(=O)c3ccco3)cc2)C(=O)N(c2ccc(F)cc2)C1=O. The Morgan fingerprint density at radius 3 is 2.38 bits per heavy atom. The summed E-state index contributed by atoms with van der Waals surface area (Å²) in [6.07, 6.45) is 1.41. The molecule has 8 nitrogen and oxygen atoms in total. The number of thioether (sulfide) groups is 1. The fourth-order valence-electron chi connectivity index (χ4n) is 3.92. The number of carbonyl (C=O) groups is 3. The molecule has 0 saturated heterocycles. The van der Waals surface area contributed by atoms with Gasteiger partial charge in [0.2, 0.25) is 0 Å². The Balaban J connectivity index is 1.46. The highest BCUT2D eigenvalue weighted by Crippen LogP contribution is 2.39. The van der Waals surface area contributed by atoms with Gasteiger partial charge in [0.15, 0.2) is 5.76 Å². The lowest BCUT2D eigenvalue weighted by Crippen LogP contribution is -2.32. The number of carbonyl (C=O) groups excluding carboxylic acids is 3. The molecule has 0 fully saturated rings. The van der Waals surface area contributed by atoms with Gasteiger partial charge >= 0.3 is 0 Å². The lowest BCUT2D eigenvalue weighted by Gasteiger charge is -2.16. The van der Waals surface area contributed by atoms with E-state index < -0.39 is 23.5 Å². The predicted octanol–water partition coefficient (Wildman–Crippen LogP) is 5.98. The fraction of sp³-hybridized carbons (Fsp3) is 0.0690. The van der Waals surface area contributed by atoms with Crippen molar-refractivity contribution in [1.29, 1.82) is 0 Å². The summed E-state index contributed by atoms with van der Waals surface area (Å²) in [5.41, 5.74) is 2.28. The Kier molecular flexibility index (Phi) is 7.20. The zero-order valence-electron chi connectivity index (χ0n) is 20.9. The summed E-state index contributed by atoms with van der Waals surface area (Å²) in [4.78, 5) is 41.2. The molecule has 0 saturated carbocycles. The Morgan fingerprint density at radius 2 is 1.72 bits per heavy atom. The van der Waals surface area contributed by atoms with Gasteiger partial charge in [-0.25, -0.2) is 9.29 Å². The quantitative estimate of drug-likeness (QED) is 0.264. The molecule has 196 valence electrons. The van der Waals surface area contributed by atoms with Gasteiger partial charge in [0.05, 0.1) is 24.7 Å². The van der Waals surface area contributed by atoms with E-state index in [9.17, 15) is 18.8 Å². The van der Waals surface area contributed by atoms with Crippen LogP contribution < -0.4 is 20.3 Å². The summed E-state index contributed by atoms with van der Waals surface area (Å²) in [7, 11) is 1.51. The number of halogens is 1. The highest BCUT2D eigenvalue weighted by atomic mass is 32.2. The summed E-state index contributed by atoms with van der Waals surface area (Å²) in [6.45, 7) is 1.90. The van der Waals surface area contributed by atoms with Crippen LogP contribution in [0.1, 0.15) is 16.1 Å². The third kappa shape index (κ3) is 5.41. The third-order valence-electron chi connectivity index (χ3n) is 5.82. The smallest absolute Gasteiger partial charge is 0.291 e. The topological polar surface area (TPSA) is 101 Å². The number of nitrogens with one attached hydrogen (secondary N) is 2. The average Bonchev–Trinajstić information content (AvgIpc) is 3.55. The van der Waals surface area contributed by atoms with E-state index in [0.29, 0.717) is 22.0 Å². The van der Waals surface area contributed by atoms with Crippen molar-refractivity contribution in [3.05, 3.63) is 113 Å². The zero-order chi connectivity index (χ0) is 27.5. The van der Waals surface area contributed by atoms with Crippen molar-refractivity contribution in [3.63, 3.8) is 0 Å². The second-order valence-electron chi connectivity index (χ2n) is 8.51. The van der Waals surface area contributed by atoms with Crippen molar-refractivity contribution >= 4 is 46.5 Å². The lowest BCUT2D eigenvalue weighted by molar-refractivity contribution is -0.120. The van der Waals surface area contributed by atoms with Crippen molar-refractivity contribution < 1.29 is 27.9 Å². The number of ether oxygens (including phenoxy) is 1. The number of anilines is 3. The second kappa shape index (κ2) is 10.9. The van der Waals surface area contributed by atoms with Crippen LogP contribution in [0.15, 0.2) is 105 Å². The molecule has 0 unspecified atom stereocenters. The zero-order valence-corrected chi connectivity index (χ0v) is 21.7. The summed E-state index contributed by atoms with van der Waals surface area (Å²) in [5.74, 6) is -1.34. The maximum atomic E-state index is 13.6. The minimum absolute atomic E-state index is 0.0634. The molecule has 0 radical (unpaired) electrons. The first kappa shape index (κ1) is 25.8. The van der Waals surface area contributed by atoms with Crippen LogP contribution in [-0.4, -0.2) is 24.8 Å². The van der Waals surface area contributed by atoms with Crippen LogP contribution in [0.5, 0.6) is 5.75 Å². The van der Waals surface area contributed by atoms with Gasteiger partial charge in [0.1, 0.15) is 22.2 Å². The molecule has 0 atom stereocenters. The molecule has 3 aromatic carbocycles. The minimum atomic E-state index is -0.583. The van der Waals surface area contributed by atoms with Gasteiger partial charge in [0, 0.05) is 10.6 Å². The Hall–Kier alpha value is -4.83. The lowest BCUT2D eigenvalue weighted by atomic mass is 10.2. The number of nitrogens with zero attached hydrogens (tertiary/aromatic N) is 1. The van der Waals surface area contributed by atoms with E-state index in [4.69, 9.17) is 9.15 Å². The van der Waals surface area contributed by atoms with Gasteiger partial charge in [-0.15, -0.1) is 0 Å². The molecule has 0 spiro atoms. The first-order chi connectivity index (χ1) is 18.8. The van der Waals surface area contributed by atoms with Crippen LogP contribution >= 0.6 is 11.8 Å². The largest absolute Gasteiger partial charge is 0.495 e. The standard InChI is InChI=1S/C29H22FN3O5S/c1-17-5-14-23(37-2)22(16-17)32-25-26(29(36)33(28(25)35)20-10-6-18(30)7-11-20)39-21-12-8-19(9-13-21)31-27(34)24-4-3-15-38-24/h3-16,32H,1-2H3,(H,31,34). The third-order valence-corrected chi connectivity index (χ3v) is 6.91. The molecular weight excluding hydrogens is 521 g/mol.